The van der Waals surface area contributed by atoms with Crippen LogP contribution in [-0.4, -0.2) is 21.7 Å². The molecule has 18 heavy (non-hydrogen) atoms. The number of hydrogen-bond acceptors (Lipinski definition) is 4. The predicted molar refractivity (Wildman–Crippen MR) is 68.7 cm³/mol. The second-order valence-electron chi connectivity index (χ2n) is 4.37. The number of para-hydroxylation sites is 2. The van der Waals surface area contributed by atoms with Crippen molar-refractivity contribution in [1.29, 1.82) is 0 Å². The molecule has 0 radical (unpaired) electrons. The van der Waals surface area contributed by atoms with Crippen molar-refractivity contribution in [3.8, 4) is 5.75 Å². The first-order chi connectivity index (χ1) is 8.86. The summed E-state index contributed by atoms with van der Waals surface area (Å²) in [4.78, 5) is 4.46. The summed E-state index contributed by atoms with van der Waals surface area (Å²) in [5.41, 5.74) is 1.03. The van der Waals surface area contributed by atoms with Crippen molar-refractivity contribution in [2.24, 2.45) is 0 Å². The average molecular weight is 244 g/mol. The van der Waals surface area contributed by atoms with E-state index >= 15 is 0 Å². The molecule has 0 fully saturated rings. The predicted octanol–water partition coefficient (Wildman–Crippen LogP) is 2.30. The van der Waals surface area contributed by atoms with Gasteiger partial charge in [0.2, 0.25) is 0 Å². The summed E-state index contributed by atoms with van der Waals surface area (Å²) in [6, 6.07) is 7.91. The number of nitrogens with zero attached hydrogens (tertiary/aromatic N) is 2. The summed E-state index contributed by atoms with van der Waals surface area (Å²) in [5.74, 6) is 2.51. The minimum absolute atomic E-state index is 0.123. The lowest BCUT2D eigenvalue weighted by molar-refractivity contribution is 0.201. The fourth-order valence-corrected chi connectivity index (χ4v) is 2.06. The molecule has 2 heterocycles. The molecular weight excluding hydrogens is 228 g/mol. The molecule has 0 saturated carbocycles. The molecule has 2 N–H and O–H groups in total. The van der Waals surface area contributed by atoms with Crippen LogP contribution in [0.5, 0.6) is 5.75 Å². The van der Waals surface area contributed by atoms with Gasteiger partial charge in [-0.25, -0.2) is 4.98 Å². The maximum Gasteiger partial charge on any atom is 0.193 e. The Kier molecular flexibility index (Phi) is 2.88. The molecule has 3 rings (SSSR count). The second-order valence-corrected chi connectivity index (χ2v) is 4.37. The molecule has 0 spiro atoms. The summed E-state index contributed by atoms with van der Waals surface area (Å²) >= 11 is 0. The van der Waals surface area contributed by atoms with Crippen molar-refractivity contribution in [3.05, 3.63) is 35.9 Å². The molecule has 1 unspecified atom stereocenters. The number of aryl methyl sites for hydroxylation is 1. The van der Waals surface area contributed by atoms with Gasteiger partial charge < -0.3 is 10.1 Å². The molecule has 94 valence electrons. The van der Waals surface area contributed by atoms with E-state index in [1.54, 1.807) is 0 Å². The molecule has 1 aromatic heterocycles. The fourth-order valence-electron chi connectivity index (χ4n) is 2.06. The smallest absolute Gasteiger partial charge is 0.193 e. The van der Waals surface area contributed by atoms with Gasteiger partial charge in [-0.2, -0.15) is 5.10 Å². The number of fused-ring (bicyclic) bond motifs is 1. The molecule has 5 nitrogen and oxygen atoms in total. The van der Waals surface area contributed by atoms with Gasteiger partial charge in [-0.15, -0.1) is 0 Å². The molecule has 0 saturated heterocycles. The van der Waals surface area contributed by atoms with E-state index in [1.807, 2.05) is 24.3 Å². The van der Waals surface area contributed by atoms with E-state index in [1.165, 1.54) is 0 Å². The molecular formula is C13H16N4O. The van der Waals surface area contributed by atoms with Gasteiger partial charge in [0, 0.05) is 6.42 Å². The molecule has 1 atom stereocenters. The summed E-state index contributed by atoms with van der Waals surface area (Å²) < 4.78 is 5.90. The van der Waals surface area contributed by atoms with Crippen LogP contribution in [0.4, 0.5) is 5.69 Å². The van der Waals surface area contributed by atoms with E-state index in [0.717, 1.165) is 35.9 Å². The van der Waals surface area contributed by atoms with E-state index in [4.69, 9.17) is 4.74 Å². The number of aromatic nitrogens is 3. The van der Waals surface area contributed by atoms with Gasteiger partial charge in [-0.05, 0) is 18.6 Å². The van der Waals surface area contributed by atoms with Gasteiger partial charge >= 0.3 is 0 Å². The summed E-state index contributed by atoms with van der Waals surface area (Å²) in [5, 5.41) is 10.5. The van der Waals surface area contributed by atoms with Gasteiger partial charge in [-0.3, -0.25) is 5.10 Å². The SMILES string of the molecule is CCCc1nc(C2CNc3ccccc3O2)n[nH]1. The standard InChI is InChI=1S/C13H16N4O/c1-2-5-12-15-13(17-16-12)11-8-14-9-6-3-4-7-10(9)18-11/h3-4,6-7,11,14H,2,5,8H2,1H3,(H,15,16,17). The van der Waals surface area contributed by atoms with Crippen LogP contribution >= 0.6 is 0 Å². The zero-order chi connectivity index (χ0) is 12.4. The third kappa shape index (κ3) is 2.03. The van der Waals surface area contributed by atoms with Crippen LogP contribution in [0.25, 0.3) is 0 Å². The summed E-state index contributed by atoms with van der Waals surface area (Å²) in [6.45, 7) is 2.82. The van der Waals surface area contributed by atoms with Crippen molar-refractivity contribution >= 4 is 5.69 Å². The molecule has 0 aliphatic carbocycles. The van der Waals surface area contributed by atoms with Crippen LogP contribution in [-0.2, 0) is 6.42 Å². The minimum atomic E-state index is -0.123. The van der Waals surface area contributed by atoms with Gasteiger partial charge in [0.15, 0.2) is 11.9 Å². The van der Waals surface area contributed by atoms with E-state index in [2.05, 4.69) is 27.4 Å². The highest BCUT2D eigenvalue weighted by atomic mass is 16.5. The number of ether oxygens (including phenoxy) is 1. The molecule has 1 aromatic carbocycles. The highest BCUT2D eigenvalue weighted by molar-refractivity contribution is 5.57. The van der Waals surface area contributed by atoms with Crippen LogP contribution in [0, 0.1) is 0 Å². The van der Waals surface area contributed by atoms with Crippen molar-refractivity contribution in [3.63, 3.8) is 0 Å². The monoisotopic (exact) mass is 244 g/mol. The normalized spacial score (nSPS) is 17.7. The van der Waals surface area contributed by atoms with Crippen molar-refractivity contribution in [2.75, 3.05) is 11.9 Å². The van der Waals surface area contributed by atoms with Crippen LogP contribution in [0.15, 0.2) is 24.3 Å². The Hall–Kier alpha value is -2.04. The van der Waals surface area contributed by atoms with Crippen molar-refractivity contribution in [2.45, 2.75) is 25.9 Å². The lowest BCUT2D eigenvalue weighted by Gasteiger charge is -2.25. The Morgan fingerprint density at radius 1 is 1.39 bits per heavy atom. The van der Waals surface area contributed by atoms with Crippen molar-refractivity contribution in [1.82, 2.24) is 15.2 Å². The molecule has 1 aliphatic rings. The van der Waals surface area contributed by atoms with Crippen LogP contribution in [0.3, 0.4) is 0 Å². The van der Waals surface area contributed by atoms with Crippen LogP contribution < -0.4 is 10.1 Å². The summed E-state index contributed by atoms with van der Waals surface area (Å²) in [7, 11) is 0. The van der Waals surface area contributed by atoms with E-state index in [9.17, 15) is 0 Å². The second kappa shape index (κ2) is 4.68. The van der Waals surface area contributed by atoms with Gasteiger partial charge in [0.1, 0.15) is 11.6 Å². The molecule has 0 amide bonds. The summed E-state index contributed by atoms with van der Waals surface area (Å²) in [6.07, 6.45) is 1.85. The van der Waals surface area contributed by atoms with Gasteiger partial charge in [0.05, 0.1) is 12.2 Å². The Balaban J connectivity index is 1.78. The third-order valence-corrected chi connectivity index (χ3v) is 2.96. The number of anilines is 1. The number of nitrogens with one attached hydrogen (secondary N) is 2. The topological polar surface area (TPSA) is 62.8 Å². The number of H-pyrrole nitrogens is 1. The quantitative estimate of drug-likeness (QED) is 0.869. The van der Waals surface area contributed by atoms with Crippen molar-refractivity contribution < 1.29 is 4.74 Å². The number of benzene rings is 1. The largest absolute Gasteiger partial charge is 0.478 e. The maximum atomic E-state index is 5.90. The first-order valence-corrected chi connectivity index (χ1v) is 6.27. The molecule has 0 bridgehead atoms. The zero-order valence-corrected chi connectivity index (χ0v) is 10.3. The zero-order valence-electron chi connectivity index (χ0n) is 10.3. The van der Waals surface area contributed by atoms with Crippen LogP contribution in [0.2, 0.25) is 0 Å². The van der Waals surface area contributed by atoms with Gasteiger partial charge in [0.25, 0.3) is 0 Å². The molecule has 2 aromatic rings. The first kappa shape index (κ1) is 11.1. The molecule has 1 aliphatic heterocycles. The Morgan fingerprint density at radius 3 is 3.17 bits per heavy atom. The highest BCUT2D eigenvalue weighted by Crippen LogP contribution is 2.32. The van der Waals surface area contributed by atoms with E-state index < -0.39 is 0 Å². The van der Waals surface area contributed by atoms with E-state index in [0.29, 0.717) is 6.54 Å². The Bertz CT molecular complexity index is 537. The molecule has 5 heteroatoms. The Labute approximate surface area is 106 Å². The third-order valence-electron chi connectivity index (χ3n) is 2.96. The first-order valence-electron chi connectivity index (χ1n) is 6.27. The lowest BCUT2D eigenvalue weighted by Crippen LogP contribution is -2.24. The number of aromatic amines is 1. The minimum Gasteiger partial charge on any atom is -0.478 e. The average Bonchev–Trinajstić information content (AvgIpc) is 2.87. The Morgan fingerprint density at radius 2 is 2.28 bits per heavy atom. The van der Waals surface area contributed by atoms with Gasteiger partial charge in [-0.1, -0.05) is 19.1 Å². The fraction of sp³-hybridized carbons (Fsp3) is 0.385. The number of hydrogen-bond donors (Lipinski definition) is 2. The highest BCUT2D eigenvalue weighted by Gasteiger charge is 2.23. The number of rotatable bonds is 3. The maximum absolute atomic E-state index is 5.90. The van der Waals surface area contributed by atoms with Crippen LogP contribution in [0.1, 0.15) is 31.1 Å². The van der Waals surface area contributed by atoms with E-state index in [-0.39, 0.29) is 6.10 Å². The lowest BCUT2D eigenvalue weighted by atomic mass is 10.2.